The lowest BCUT2D eigenvalue weighted by Crippen LogP contribution is -2.54. The van der Waals surface area contributed by atoms with Crippen molar-refractivity contribution in [1.29, 1.82) is 0 Å². The van der Waals surface area contributed by atoms with Crippen LogP contribution in [-0.4, -0.2) is 23.8 Å². The molecule has 1 heterocycles. The highest BCUT2D eigenvalue weighted by Gasteiger charge is 2.58. The summed E-state index contributed by atoms with van der Waals surface area (Å²) in [5.74, 6) is 0.182. The predicted octanol–water partition coefficient (Wildman–Crippen LogP) is 2.29. The Morgan fingerprint density at radius 2 is 2.06 bits per heavy atom. The SMILES string of the molecule is CC1(C)CCC[C@]2(C)[C@H]3COC(=O)C3=C[C@@H](O)[C@@H]12. The first-order valence-corrected chi connectivity index (χ1v) is 6.93. The number of fused-ring (bicyclic) bond motifs is 3. The number of cyclic esters (lactones) is 1. The molecule has 1 saturated heterocycles. The summed E-state index contributed by atoms with van der Waals surface area (Å²) in [7, 11) is 0. The van der Waals surface area contributed by atoms with Crippen LogP contribution in [0.1, 0.15) is 40.0 Å². The minimum Gasteiger partial charge on any atom is -0.462 e. The Bertz CT molecular complexity index is 423. The zero-order valence-electron chi connectivity index (χ0n) is 11.4. The molecular formula is C15H22O3. The highest BCUT2D eigenvalue weighted by molar-refractivity contribution is 5.91. The molecule has 0 spiro atoms. The van der Waals surface area contributed by atoms with Gasteiger partial charge in [-0.05, 0) is 35.7 Å². The number of esters is 1. The second-order valence-electron chi connectivity index (χ2n) is 7.09. The Balaban J connectivity index is 2.10. The number of hydrogen-bond donors (Lipinski definition) is 1. The van der Waals surface area contributed by atoms with Crippen LogP contribution < -0.4 is 0 Å². The summed E-state index contributed by atoms with van der Waals surface area (Å²) >= 11 is 0. The van der Waals surface area contributed by atoms with Gasteiger partial charge in [-0.3, -0.25) is 0 Å². The molecule has 2 aliphatic carbocycles. The summed E-state index contributed by atoms with van der Waals surface area (Å²) in [5.41, 5.74) is 0.844. The van der Waals surface area contributed by atoms with Crippen molar-refractivity contribution in [3.05, 3.63) is 11.6 Å². The molecule has 3 aliphatic rings. The molecule has 0 bridgehead atoms. The van der Waals surface area contributed by atoms with Crippen molar-refractivity contribution in [2.24, 2.45) is 22.7 Å². The van der Waals surface area contributed by atoms with Crippen LogP contribution in [0.2, 0.25) is 0 Å². The van der Waals surface area contributed by atoms with Gasteiger partial charge in [0.25, 0.3) is 0 Å². The van der Waals surface area contributed by atoms with Gasteiger partial charge in [0, 0.05) is 11.5 Å². The quantitative estimate of drug-likeness (QED) is 0.671. The number of ether oxygens (including phenoxy) is 1. The van der Waals surface area contributed by atoms with Crippen LogP contribution in [0, 0.1) is 22.7 Å². The van der Waals surface area contributed by atoms with E-state index in [2.05, 4.69) is 20.8 Å². The third kappa shape index (κ3) is 1.43. The second kappa shape index (κ2) is 3.60. The van der Waals surface area contributed by atoms with E-state index in [0.717, 1.165) is 18.4 Å². The van der Waals surface area contributed by atoms with E-state index in [0.29, 0.717) is 6.61 Å². The van der Waals surface area contributed by atoms with E-state index < -0.39 is 6.10 Å². The van der Waals surface area contributed by atoms with Crippen molar-refractivity contribution in [2.45, 2.75) is 46.1 Å². The van der Waals surface area contributed by atoms with Crippen LogP contribution in [-0.2, 0) is 9.53 Å². The molecule has 100 valence electrons. The number of hydrogen-bond acceptors (Lipinski definition) is 3. The lowest BCUT2D eigenvalue weighted by atomic mass is 9.48. The van der Waals surface area contributed by atoms with Crippen LogP contribution in [0.3, 0.4) is 0 Å². The summed E-state index contributed by atoms with van der Waals surface area (Å²) in [6.07, 6.45) is 4.65. The van der Waals surface area contributed by atoms with Gasteiger partial charge in [-0.2, -0.15) is 0 Å². The van der Waals surface area contributed by atoms with E-state index in [1.54, 1.807) is 6.08 Å². The fraction of sp³-hybridized carbons (Fsp3) is 0.800. The topological polar surface area (TPSA) is 46.5 Å². The zero-order chi connectivity index (χ0) is 13.1. The van der Waals surface area contributed by atoms with Gasteiger partial charge < -0.3 is 9.84 Å². The molecule has 2 fully saturated rings. The van der Waals surface area contributed by atoms with Gasteiger partial charge >= 0.3 is 5.97 Å². The van der Waals surface area contributed by atoms with Crippen LogP contribution in [0.15, 0.2) is 11.6 Å². The van der Waals surface area contributed by atoms with Gasteiger partial charge in [-0.1, -0.05) is 27.2 Å². The molecule has 0 aromatic heterocycles. The van der Waals surface area contributed by atoms with Crippen molar-refractivity contribution in [1.82, 2.24) is 0 Å². The van der Waals surface area contributed by atoms with Gasteiger partial charge in [0.05, 0.1) is 12.7 Å². The number of aliphatic hydroxyl groups is 1. The van der Waals surface area contributed by atoms with Gasteiger partial charge in [0.2, 0.25) is 0 Å². The third-order valence-corrected chi connectivity index (χ3v) is 5.57. The molecule has 3 nitrogen and oxygen atoms in total. The molecule has 0 amide bonds. The Morgan fingerprint density at radius 3 is 2.78 bits per heavy atom. The Labute approximate surface area is 108 Å². The molecule has 0 aromatic rings. The minimum atomic E-state index is -0.512. The number of carbonyl (C=O) groups excluding carboxylic acids is 1. The van der Waals surface area contributed by atoms with Crippen molar-refractivity contribution < 1.29 is 14.6 Å². The molecule has 1 saturated carbocycles. The maximum absolute atomic E-state index is 11.7. The Morgan fingerprint density at radius 1 is 1.33 bits per heavy atom. The average Bonchev–Trinajstić information content (AvgIpc) is 2.59. The summed E-state index contributed by atoms with van der Waals surface area (Å²) in [6.45, 7) is 7.23. The van der Waals surface area contributed by atoms with E-state index in [9.17, 15) is 9.90 Å². The smallest absolute Gasteiger partial charge is 0.334 e. The third-order valence-electron chi connectivity index (χ3n) is 5.57. The summed E-state index contributed by atoms with van der Waals surface area (Å²) in [6, 6.07) is 0. The standard InChI is InChI=1S/C15H22O3/c1-14(2)5-4-6-15(3)10-8-18-13(17)9(10)7-11(16)12(14)15/h7,10-12,16H,4-6,8H2,1-3H3/t10-,11+,12-,15+/m0/s1. The number of carbonyl (C=O) groups is 1. The van der Waals surface area contributed by atoms with Gasteiger partial charge in [0.15, 0.2) is 0 Å². The van der Waals surface area contributed by atoms with Crippen molar-refractivity contribution in [3.63, 3.8) is 0 Å². The second-order valence-corrected chi connectivity index (χ2v) is 7.09. The first-order chi connectivity index (χ1) is 8.36. The van der Waals surface area contributed by atoms with Crippen LogP contribution in [0.5, 0.6) is 0 Å². The van der Waals surface area contributed by atoms with E-state index >= 15 is 0 Å². The predicted molar refractivity (Wildman–Crippen MR) is 67.8 cm³/mol. The van der Waals surface area contributed by atoms with Gasteiger partial charge in [-0.25, -0.2) is 4.79 Å². The van der Waals surface area contributed by atoms with Gasteiger partial charge in [-0.15, -0.1) is 0 Å². The number of aliphatic hydroxyl groups excluding tert-OH is 1. The van der Waals surface area contributed by atoms with Crippen LogP contribution >= 0.6 is 0 Å². The first kappa shape index (κ1) is 12.2. The van der Waals surface area contributed by atoms with Crippen LogP contribution in [0.4, 0.5) is 0 Å². The van der Waals surface area contributed by atoms with Crippen molar-refractivity contribution >= 4 is 5.97 Å². The normalized spacial score (nSPS) is 45.9. The lowest BCUT2D eigenvalue weighted by molar-refractivity contribution is -0.135. The largest absolute Gasteiger partial charge is 0.462 e. The zero-order valence-corrected chi connectivity index (χ0v) is 11.4. The number of rotatable bonds is 0. The molecule has 18 heavy (non-hydrogen) atoms. The minimum absolute atomic E-state index is 0.00257. The molecule has 1 aliphatic heterocycles. The fourth-order valence-corrected chi connectivity index (χ4v) is 4.86. The monoisotopic (exact) mass is 250 g/mol. The van der Waals surface area contributed by atoms with E-state index in [1.807, 2.05) is 0 Å². The molecule has 4 atom stereocenters. The fourth-order valence-electron chi connectivity index (χ4n) is 4.86. The van der Waals surface area contributed by atoms with Crippen molar-refractivity contribution in [2.75, 3.05) is 6.61 Å². The van der Waals surface area contributed by atoms with Crippen molar-refractivity contribution in [3.8, 4) is 0 Å². The molecule has 1 N–H and O–H groups in total. The Kier molecular flexibility index (Phi) is 2.44. The summed E-state index contributed by atoms with van der Waals surface area (Å²) < 4.78 is 5.21. The van der Waals surface area contributed by atoms with E-state index in [4.69, 9.17) is 4.74 Å². The molecule has 0 radical (unpaired) electrons. The highest BCUT2D eigenvalue weighted by Crippen LogP contribution is 2.60. The average molecular weight is 250 g/mol. The maximum atomic E-state index is 11.7. The van der Waals surface area contributed by atoms with E-state index in [1.165, 1.54) is 6.42 Å². The summed E-state index contributed by atoms with van der Waals surface area (Å²) in [5, 5.41) is 10.5. The maximum Gasteiger partial charge on any atom is 0.334 e. The van der Waals surface area contributed by atoms with Gasteiger partial charge in [0.1, 0.15) is 0 Å². The molecular weight excluding hydrogens is 228 g/mol. The lowest BCUT2D eigenvalue weighted by Gasteiger charge is -2.56. The van der Waals surface area contributed by atoms with E-state index in [-0.39, 0.29) is 28.6 Å². The molecule has 3 heteroatoms. The molecule has 0 unspecified atom stereocenters. The molecule has 0 aromatic carbocycles. The van der Waals surface area contributed by atoms with Crippen LogP contribution in [0.25, 0.3) is 0 Å². The highest BCUT2D eigenvalue weighted by atomic mass is 16.5. The first-order valence-electron chi connectivity index (χ1n) is 6.93. The Hall–Kier alpha value is -0.830. The molecule has 3 rings (SSSR count). The summed E-state index contributed by atoms with van der Waals surface area (Å²) in [4.78, 5) is 11.7.